The summed E-state index contributed by atoms with van der Waals surface area (Å²) >= 11 is 0. The minimum atomic E-state index is -3.73. The van der Waals surface area contributed by atoms with Crippen molar-refractivity contribution in [3.63, 3.8) is 0 Å². The van der Waals surface area contributed by atoms with E-state index < -0.39 is 45.5 Å². The van der Waals surface area contributed by atoms with Crippen molar-refractivity contribution in [2.75, 3.05) is 0 Å². The molecular formula is C52H53F2N5Pt+2. The molecule has 0 unspecified atom stereocenters. The van der Waals surface area contributed by atoms with Crippen LogP contribution in [0, 0.1) is 12.1 Å². The molecule has 308 valence electrons. The van der Waals surface area contributed by atoms with Crippen LogP contribution in [0.4, 0.5) is 31.5 Å². The van der Waals surface area contributed by atoms with Gasteiger partial charge in [-0.1, -0.05) is 159 Å². The number of benzene rings is 4. The van der Waals surface area contributed by atoms with Crippen LogP contribution in [-0.2, 0) is 48.6 Å². The zero-order valence-electron chi connectivity index (χ0n) is 40.3. The molecular weight excluding hydrogens is 928 g/mol. The summed E-state index contributed by atoms with van der Waals surface area (Å²) in [4.78, 5) is 9.10. The Morgan fingerprint density at radius 2 is 1.28 bits per heavy atom. The van der Waals surface area contributed by atoms with Crippen LogP contribution in [0.2, 0.25) is 0 Å². The molecule has 0 amide bonds. The van der Waals surface area contributed by atoms with Gasteiger partial charge in [-0.2, -0.15) is 20.9 Å². The van der Waals surface area contributed by atoms with Crippen LogP contribution < -0.4 is 9.15 Å². The van der Waals surface area contributed by atoms with Crippen LogP contribution in [0.25, 0.3) is 27.6 Å². The Morgan fingerprint density at radius 3 is 1.90 bits per heavy atom. The molecule has 0 radical (unpaired) electrons. The molecule has 1 aliphatic heterocycles. The standard InChI is InChI=1S/C52H53F2N5.Pt/c1-48(2,3)33-24-25-55-46(29-33)59-41-21-14-13-18-37(41)38-31-56-45(30-44(38)59)52(53,54)35-26-34(49(4,5)6)27-36(28-35)57-32-58(43-23-16-15-22-42(43)57)47-39(50(7,8)9)19-17-20-40(47)51(10,11)12;/h13-27,29,31H,1-12H3;/q;+2/i15D,16D,22D,23D;. The van der Waals surface area contributed by atoms with E-state index in [1.807, 2.05) is 79.9 Å². The molecule has 0 bridgehead atoms. The topological polar surface area (TPSA) is 36.7 Å². The van der Waals surface area contributed by atoms with Crippen molar-refractivity contribution in [1.82, 2.24) is 23.7 Å². The molecule has 4 aromatic carbocycles. The van der Waals surface area contributed by atoms with Crippen LogP contribution in [0.3, 0.4) is 0 Å². The molecule has 0 aliphatic carbocycles. The van der Waals surface area contributed by atoms with Crippen molar-refractivity contribution in [3.05, 3.63) is 149 Å². The van der Waals surface area contributed by atoms with Crippen LogP contribution in [-0.4, -0.2) is 20.5 Å². The van der Waals surface area contributed by atoms with E-state index in [0.717, 1.165) is 27.6 Å². The number of hydrogen-bond donors (Lipinski definition) is 0. The van der Waals surface area contributed by atoms with Crippen molar-refractivity contribution in [1.29, 1.82) is 0 Å². The average molecular weight is 985 g/mol. The first-order valence-corrected chi connectivity index (χ1v) is 20.1. The van der Waals surface area contributed by atoms with Crippen molar-refractivity contribution < 1.29 is 35.3 Å². The number of nitrogens with zero attached hydrogens (tertiary/aromatic N) is 5. The van der Waals surface area contributed by atoms with Crippen LogP contribution >= 0.6 is 0 Å². The summed E-state index contributed by atoms with van der Waals surface area (Å²) in [6.07, 6.45) is 3.21. The number of aromatic nitrogens is 3. The van der Waals surface area contributed by atoms with Crippen LogP contribution in [0.5, 0.6) is 0 Å². The molecule has 0 fully saturated rings. The summed E-state index contributed by atoms with van der Waals surface area (Å²) in [5, 5.41) is 1.48. The summed E-state index contributed by atoms with van der Waals surface area (Å²) in [6.45, 7) is 24.6. The second-order valence-electron chi connectivity index (χ2n) is 19.7. The number of hydrogen-bond acceptors (Lipinski definition) is 2. The van der Waals surface area contributed by atoms with Crippen molar-refractivity contribution >= 4 is 50.6 Å². The van der Waals surface area contributed by atoms with Crippen LogP contribution in [0.1, 0.15) is 122 Å². The van der Waals surface area contributed by atoms with Gasteiger partial charge in [0.1, 0.15) is 11.5 Å². The number of rotatable bonds is 5. The third-order valence-corrected chi connectivity index (χ3v) is 11.1. The van der Waals surface area contributed by atoms with Gasteiger partial charge in [0.25, 0.3) is 17.3 Å². The summed E-state index contributed by atoms with van der Waals surface area (Å²) < 4.78 is 76.3. The van der Waals surface area contributed by atoms with E-state index in [1.165, 1.54) is 16.8 Å². The molecule has 7 aromatic rings. The van der Waals surface area contributed by atoms with Gasteiger partial charge in [-0.3, -0.25) is 4.98 Å². The molecule has 3 aromatic heterocycles. The minimum Gasteiger partial charge on any atom is -0.331 e. The van der Waals surface area contributed by atoms with E-state index in [2.05, 4.69) is 85.4 Å². The Kier molecular flexibility index (Phi) is 9.36. The summed E-state index contributed by atoms with van der Waals surface area (Å²) in [6, 6.07) is 28.8. The number of alkyl halides is 2. The van der Waals surface area contributed by atoms with Gasteiger partial charge in [-0.25, -0.2) is 4.98 Å². The summed E-state index contributed by atoms with van der Waals surface area (Å²) in [5.41, 5.74) is 3.04. The number of fused-ring (bicyclic) bond motifs is 4. The molecule has 0 atom stereocenters. The first-order valence-electron chi connectivity index (χ1n) is 22.1. The van der Waals surface area contributed by atoms with Gasteiger partial charge in [0.2, 0.25) is 5.69 Å². The second-order valence-corrected chi connectivity index (χ2v) is 19.7. The van der Waals surface area contributed by atoms with Crippen LogP contribution in [0.15, 0.2) is 103 Å². The zero-order valence-corrected chi connectivity index (χ0v) is 38.6. The van der Waals surface area contributed by atoms with Gasteiger partial charge < -0.3 is 4.57 Å². The van der Waals surface area contributed by atoms with E-state index in [4.69, 9.17) is 7.73 Å². The maximum atomic E-state index is 17.6. The first kappa shape index (κ1) is 37.9. The van der Waals surface area contributed by atoms with Gasteiger partial charge in [0, 0.05) is 40.6 Å². The Labute approximate surface area is 373 Å². The molecule has 1 aliphatic rings. The Morgan fingerprint density at radius 1 is 0.667 bits per heavy atom. The third-order valence-electron chi connectivity index (χ3n) is 11.1. The predicted molar refractivity (Wildman–Crippen MR) is 239 cm³/mol. The molecule has 0 spiro atoms. The SMILES string of the molecule is [2H]c1c([2H])c([2H])c2c(c1[2H])[N+](c1[c-]c(C(F)(F)c3[c-]c4c(cn3)c3ccccc3n4-c3cc(C(C)(C)C)ccn3)cc(C(C)(C)C)c1)=C=[N+]2c1c(C(C)(C)C)cccc1C(C)(C)C.[Pt+2]. The Bertz CT molecular complexity index is 3090. The van der Waals surface area contributed by atoms with Crippen molar-refractivity contribution in [2.24, 2.45) is 0 Å². The third kappa shape index (κ3) is 7.50. The van der Waals surface area contributed by atoms with Gasteiger partial charge in [0.15, 0.2) is 0 Å². The fourth-order valence-electron chi connectivity index (χ4n) is 7.76. The largest absolute Gasteiger partial charge is 2.00 e. The fourth-order valence-corrected chi connectivity index (χ4v) is 7.76. The average Bonchev–Trinajstić information content (AvgIpc) is 3.77. The molecule has 60 heavy (non-hydrogen) atoms. The monoisotopic (exact) mass is 984 g/mol. The maximum Gasteiger partial charge on any atom is 2.00 e. The van der Waals surface area contributed by atoms with Gasteiger partial charge >= 0.3 is 27.1 Å². The number of para-hydroxylation sites is 4. The maximum absolute atomic E-state index is 17.6. The fraction of sp³-hybridized carbons (Fsp3) is 0.327. The van der Waals surface area contributed by atoms with Gasteiger partial charge in [-0.15, -0.1) is 16.5 Å². The van der Waals surface area contributed by atoms with E-state index >= 15 is 8.78 Å². The minimum absolute atomic E-state index is 0. The van der Waals surface area contributed by atoms with Gasteiger partial charge in [-0.05, 0) is 56.2 Å². The molecule has 8 heteroatoms. The summed E-state index contributed by atoms with van der Waals surface area (Å²) in [7, 11) is 0. The molecule has 0 saturated heterocycles. The number of pyridine rings is 2. The first-order chi connectivity index (χ1) is 29.2. The molecule has 8 rings (SSSR count). The normalized spacial score (nSPS) is 14.6. The van der Waals surface area contributed by atoms with E-state index in [9.17, 15) is 2.74 Å². The van der Waals surface area contributed by atoms with Crippen molar-refractivity contribution in [2.45, 2.75) is 111 Å². The van der Waals surface area contributed by atoms with E-state index in [1.54, 1.807) is 16.8 Å². The van der Waals surface area contributed by atoms with E-state index in [0.29, 0.717) is 28.0 Å². The molecule has 0 saturated carbocycles. The zero-order chi connectivity index (χ0) is 45.9. The summed E-state index contributed by atoms with van der Waals surface area (Å²) in [5.74, 6) is -3.16. The molecule has 4 heterocycles. The van der Waals surface area contributed by atoms with Gasteiger partial charge in [0.05, 0.1) is 5.48 Å². The second kappa shape index (κ2) is 14.8. The van der Waals surface area contributed by atoms with Crippen molar-refractivity contribution in [3.8, 4) is 5.82 Å². The predicted octanol–water partition coefficient (Wildman–Crippen LogP) is 13.4. The van der Waals surface area contributed by atoms with E-state index in [-0.39, 0.29) is 55.6 Å². The molecule has 5 nitrogen and oxygen atoms in total. The Hall–Kier alpha value is -5.09. The quantitative estimate of drug-likeness (QED) is 0.127. The Balaban J connectivity index is 0.00000612. The molecule has 0 N–H and O–H groups in total. The number of halogens is 2. The smallest absolute Gasteiger partial charge is 0.331 e.